The molecule has 2 heterocycles. The lowest BCUT2D eigenvalue weighted by molar-refractivity contribution is 0.0306. The van der Waals surface area contributed by atoms with Crippen molar-refractivity contribution in [2.24, 2.45) is 0 Å². The number of rotatable bonds is 5. The summed E-state index contributed by atoms with van der Waals surface area (Å²) in [7, 11) is -3.73. The van der Waals surface area contributed by atoms with E-state index in [-0.39, 0.29) is 17.5 Å². The molecule has 0 saturated carbocycles. The summed E-state index contributed by atoms with van der Waals surface area (Å²) < 4.78 is 48.1. The Morgan fingerprint density at radius 1 is 1.35 bits per heavy atom. The van der Waals surface area contributed by atoms with Gasteiger partial charge in [-0.2, -0.15) is 5.10 Å². The number of hydrogen-bond acceptors (Lipinski definition) is 4. The monoisotopic (exact) mass is 339 g/mol. The van der Waals surface area contributed by atoms with Gasteiger partial charge in [0, 0.05) is 19.0 Å². The molecule has 1 aliphatic heterocycles. The minimum Gasteiger partial charge on any atom is -0.377 e. The Labute approximate surface area is 134 Å². The maximum atomic E-state index is 14.2. The zero-order valence-corrected chi connectivity index (χ0v) is 13.3. The van der Waals surface area contributed by atoms with E-state index >= 15 is 0 Å². The minimum atomic E-state index is -3.73. The zero-order chi connectivity index (χ0) is 16.3. The van der Waals surface area contributed by atoms with Crippen molar-refractivity contribution < 1.29 is 17.5 Å². The molecule has 1 aromatic carbocycles. The molecule has 0 spiro atoms. The maximum Gasteiger partial charge on any atom is 0.235 e. The van der Waals surface area contributed by atoms with Crippen LogP contribution in [-0.4, -0.2) is 36.7 Å². The smallest absolute Gasteiger partial charge is 0.235 e. The fourth-order valence-electron chi connectivity index (χ4n) is 2.60. The summed E-state index contributed by atoms with van der Waals surface area (Å²) in [5.41, 5.74) is 0.232. The Morgan fingerprint density at radius 3 is 2.91 bits per heavy atom. The lowest BCUT2D eigenvalue weighted by Crippen LogP contribution is -2.31. The van der Waals surface area contributed by atoms with Crippen molar-refractivity contribution in [1.29, 1.82) is 0 Å². The number of nitrogens with zero attached hydrogens (tertiary/aromatic N) is 2. The van der Waals surface area contributed by atoms with Gasteiger partial charge in [-0.25, -0.2) is 17.5 Å². The molecule has 0 unspecified atom stereocenters. The zero-order valence-electron chi connectivity index (χ0n) is 12.5. The van der Waals surface area contributed by atoms with Crippen LogP contribution in [0, 0.1) is 5.82 Å². The molecule has 0 amide bonds. The number of benzene rings is 1. The van der Waals surface area contributed by atoms with Gasteiger partial charge in [0.2, 0.25) is 10.0 Å². The molecular formula is C15H18FN3O3S. The van der Waals surface area contributed by atoms with Gasteiger partial charge in [0.1, 0.15) is 11.5 Å². The third-order valence-corrected chi connectivity index (χ3v) is 5.01. The molecule has 0 radical (unpaired) electrons. The van der Waals surface area contributed by atoms with Crippen molar-refractivity contribution in [2.45, 2.75) is 25.4 Å². The first kappa shape index (κ1) is 15.9. The molecular weight excluding hydrogens is 321 g/mol. The van der Waals surface area contributed by atoms with E-state index in [0.29, 0.717) is 18.7 Å². The molecule has 0 aliphatic carbocycles. The molecule has 3 rings (SSSR count). The predicted octanol–water partition coefficient (Wildman–Crippen LogP) is 2.32. The fraction of sp³-hybridized carbons (Fsp3) is 0.400. The molecule has 1 fully saturated rings. The van der Waals surface area contributed by atoms with E-state index < -0.39 is 15.8 Å². The highest BCUT2D eigenvalue weighted by molar-refractivity contribution is 7.92. The van der Waals surface area contributed by atoms with Gasteiger partial charge in [0.05, 0.1) is 17.5 Å². The van der Waals surface area contributed by atoms with Crippen molar-refractivity contribution in [2.75, 3.05) is 17.1 Å². The summed E-state index contributed by atoms with van der Waals surface area (Å²) in [4.78, 5) is 0. The van der Waals surface area contributed by atoms with E-state index in [2.05, 4.69) is 9.82 Å². The Balaban J connectivity index is 1.84. The highest BCUT2D eigenvalue weighted by Gasteiger charge is 2.24. The van der Waals surface area contributed by atoms with Crippen molar-refractivity contribution >= 4 is 15.7 Å². The highest BCUT2D eigenvalue weighted by atomic mass is 32.2. The number of para-hydroxylation sites is 1. The summed E-state index contributed by atoms with van der Waals surface area (Å²) in [6.07, 6.45) is 5.40. The van der Waals surface area contributed by atoms with E-state index in [4.69, 9.17) is 4.74 Å². The van der Waals surface area contributed by atoms with E-state index in [1.807, 2.05) is 0 Å². The molecule has 1 aliphatic rings. The van der Waals surface area contributed by atoms with Crippen molar-refractivity contribution in [3.8, 4) is 5.69 Å². The molecule has 1 aromatic heterocycles. The average Bonchev–Trinajstić information content (AvgIpc) is 3.04. The number of sulfonamides is 1. The Bertz CT molecular complexity index is 756. The predicted molar refractivity (Wildman–Crippen MR) is 84.5 cm³/mol. The first-order chi connectivity index (χ1) is 11.1. The van der Waals surface area contributed by atoms with Crippen molar-refractivity contribution in [3.05, 3.63) is 42.5 Å². The van der Waals surface area contributed by atoms with Crippen LogP contribution in [0.5, 0.6) is 0 Å². The van der Waals surface area contributed by atoms with Crippen molar-refractivity contribution in [3.63, 3.8) is 0 Å². The van der Waals surface area contributed by atoms with Gasteiger partial charge in [-0.1, -0.05) is 6.07 Å². The van der Waals surface area contributed by atoms with Crippen LogP contribution in [0.3, 0.4) is 0 Å². The Kier molecular flexibility index (Phi) is 4.63. The summed E-state index contributed by atoms with van der Waals surface area (Å²) in [5.74, 6) is -0.828. The van der Waals surface area contributed by atoms with Gasteiger partial charge >= 0.3 is 0 Å². The van der Waals surface area contributed by atoms with Crippen LogP contribution in [-0.2, 0) is 14.8 Å². The van der Waals surface area contributed by atoms with Gasteiger partial charge in [-0.05, 0) is 37.5 Å². The van der Waals surface area contributed by atoms with Crippen LogP contribution in [0.1, 0.15) is 19.3 Å². The topological polar surface area (TPSA) is 73.2 Å². The van der Waals surface area contributed by atoms with Gasteiger partial charge in [0.25, 0.3) is 0 Å². The van der Waals surface area contributed by atoms with Gasteiger partial charge in [-0.3, -0.25) is 4.72 Å². The fourth-order valence-corrected chi connectivity index (χ4v) is 3.95. The van der Waals surface area contributed by atoms with Crippen molar-refractivity contribution in [1.82, 2.24) is 9.78 Å². The average molecular weight is 339 g/mol. The van der Waals surface area contributed by atoms with E-state index in [0.717, 1.165) is 12.8 Å². The minimum absolute atomic E-state index is 0.105. The summed E-state index contributed by atoms with van der Waals surface area (Å²) in [6.45, 7) is 0.568. The van der Waals surface area contributed by atoms with Crippen LogP contribution >= 0.6 is 0 Å². The largest absolute Gasteiger partial charge is 0.377 e. The molecule has 6 nitrogen and oxygen atoms in total. The van der Waals surface area contributed by atoms with Gasteiger partial charge in [0.15, 0.2) is 0 Å². The molecule has 1 atom stereocenters. The van der Waals surface area contributed by atoms with Gasteiger partial charge < -0.3 is 4.74 Å². The number of nitrogens with one attached hydrogen (secondary N) is 1. The number of hydrogen-bond donors (Lipinski definition) is 1. The number of anilines is 1. The molecule has 1 N–H and O–H groups in total. The number of ether oxygens (including phenoxy) is 1. The summed E-state index contributed by atoms with van der Waals surface area (Å²) >= 11 is 0. The molecule has 23 heavy (non-hydrogen) atoms. The second kappa shape index (κ2) is 6.67. The SMILES string of the molecule is O=S(=O)(C[C@H]1CCCCO1)Nc1c(F)cccc1-n1cccn1. The van der Waals surface area contributed by atoms with E-state index in [9.17, 15) is 12.8 Å². The quantitative estimate of drug-likeness (QED) is 0.907. The molecule has 0 bridgehead atoms. The molecule has 1 saturated heterocycles. The lowest BCUT2D eigenvalue weighted by Gasteiger charge is -2.23. The molecule has 2 aromatic rings. The normalized spacial score (nSPS) is 18.7. The Morgan fingerprint density at radius 2 is 2.22 bits per heavy atom. The first-order valence-corrected chi connectivity index (χ1v) is 9.11. The number of halogens is 1. The van der Waals surface area contributed by atoms with Crippen LogP contribution in [0.15, 0.2) is 36.7 Å². The number of aromatic nitrogens is 2. The van der Waals surface area contributed by atoms with Gasteiger partial charge in [-0.15, -0.1) is 0 Å². The molecule has 124 valence electrons. The van der Waals surface area contributed by atoms with Crippen LogP contribution < -0.4 is 4.72 Å². The van der Waals surface area contributed by atoms with Crippen LogP contribution in [0.4, 0.5) is 10.1 Å². The third kappa shape index (κ3) is 3.89. The lowest BCUT2D eigenvalue weighted by atomic mass is 10.1. The Hall–Kier alpha value is -1.93. The standard InChI is InChI=1S/C15H18FN3O3S/c16-13-6-3-7-14(19-9-4-8-17-19)15(13)18-23(20,21)11-12-5-1-2-10-22-12/h3-4,6-9,12,18H,1-2,5,10-11H2/t12-/m1/s1. The second-order valence-electron chi connectivity index (χ2n) is 5.46. The van der Waals surface area contributed by atoms with E-state index in [1.54, 1.807) is 24.5 Å². The first-order valence-electron chi connectivity index (χ1n) is 7.46. The summed E-state index contributed by atoms with van der Waals surface area (Å²) in [6, 6.07) is 6.00. The highest BCUT2D eigenvalue weighted by Crippen LogP contribution is 2.25. The van der Waals surface area contributed by atoms with Crippen LogP contribution in [0.2, 0.25) is 0 Å². The van der Waals surface area contributed by atoms with E-state index in [1.165, 1.54) is 16.8 Å². The third-order valence-electron chi connectivity index (χ3n) is 3.68. The van der Waals surface area contributed by atoms with Crippen LogP contribution in [0.25, 0.3) is 5.69 Å². The maximum absolute atomic E-state index is 14.2. The molecule has 8 heteroatoms. The summed E-state index contributed by atoms with van der Waals surface area (Å²) in [5, 5.41) is 4.02. The second-order valence-corrected chi connectivity index (χ2v) is 7.22.